The van der Waals surface area contributed by atoms with Gasteiger partial charge in [-0.1, -0.05) is 49.1 Å². The van der Waals surface area contributed by atoms with E-state index in [0.29, 0.717) is 5.75 Å². The van der Waals surface area contributed by atoms with Gasteiger partial charge in [-0.05, 0) is 44.4 Å². The molecule has 1 fully saturated rings. The summed E-state index contributed by atoms with van der Waals surface area (Å²) in [5.41, 5.74) is 2.09. The number of ether oxygens (including phenoxy) is 2. The number of carbonyl (C=O) groups excluding carboxylic acids is 2. The van der Waals surface area contributed by atoms with Gasteiger partial charge in [-0.25, -0.2) is 8.42 Å². The van der Waals surface area contributed by atoms with Gasteiger partial charge >= 0.3 is 0 Å². The van der Waals surface area contributed by atoms with Crippen molar-refractivity contribution >= 4 is 27.5 Å². The van der Waals surface area contributed by atoms with Gasteiger partial charge in [-0.15, -0.1) is 0 Å². The molecule has 0 heterocycles. The first-order chi connectivity index (χ1) is 18.0. The lowest BCUT2D eigenvalue weighted by atomic mass is 9.95. The van der Waals surface area contributed by atoms with Crippen LogP contribution in [0.2, 0.25) is 0 Å². The minimum Gasteiger partial charge on any atom is -0.497 e. The third kappa shape index (κ3) is 7.63. The van der Waals surface area contributed by atoms with Crippen molar-refractivity contribution in [3.63, 3.8) is 0 Å². The lowest BCUT2D eigenvalue weighted by molar-refractivity contribution is -0.139. The average molecular weight is 546 g/mol. The van der Waals surface area contributed by atoms with E-state index in [1.807, 2.05) is 31.2 Å². The van der Waals surface area contributed by atoms with Crippen molar-refractivity contribution in [2.75, 3.05) is 31.3 Å². The zero-order valence-electron chi connectivity index (χ0n) is 22.9. The summed E-state index contributed by atoms with van der Waals surface area (Å²) in [6.45, 7) is 3.31. The van der Waals surface area contributed by atoms with Gasteiger partial charge in [0.15, 0.2) is 0 Å². The van der Waals surface area contributed by atoms with Crippen LogP contribution in [0.5, 0.6) is 11.5 Å². The Kier molecular flexibility index (Phi) is 10.0. The molecule has 9 nitrogen and oxygen atoms in total. The molecule has 0 bridgehead atoms. The number of nitrogens with zero attached hydrogens (tertiary/aromatic N) is 2. The summed E-state index contributed by atoms with van der Waals surface area (Å²) in [6.07, 6.45) is 6.16. The Morgan fingerprint density at radius 2 is 1.68 bits per heavy atom. The van der Waals surface area contributed by atoms with E-state index in [4.69, 9.17) is 9.47 Å². The highest BCUT2D eigenvalue weighted by Crippen LogP contribution is 2.34. The number of rotatable bonds is 11. The lowest BCUT2D eigenvalue weighted by Gasteiger charge is -2.33. The molecule has 1 atom stereocenters. The van der Waals surface area contributed by atoms with Gasteiger partial charge in [0.1, 0.15) is 24.1 Å². The molecule has 10 heteroatoms. The SMILES string of the molecule is COc1ccc(OC)c(N(CC(=O)N(Cc2ccc(C)cc2)C(C)C(=O)NC2CCCCC2)S(C)(=O)=O)c1. The molecule has 1 N–H and O–H groups in total. The minimum absolute atomic E-state index is 0.0867. The molecule has 0 radical (unpaired) electrons. The molecule has 1 aliphatic rings. The van der Waals surface area contributed by atoms with E-state index in [0.717, 1.165) is 53.8 Å². The predicted molar refractivity (Wildman–Crippen MR) is 148 cm³/mol. The molecule has 208 valence electrons. The van der Waals surface area contributed by atoms with Gasteiger partial charge in [0.2, 0.25) is 21.8 Å². The van der Waals surface area contributed by atoms with E-state index in [1.165, 1.54) is 25.2 Å². The van der Waals surface area contributed by atoms with Crippen molar-refractivity contribution in [3.05, 3.63) is 53.6 Å². The van der Waals surface area contributed by atoms with Gasteiger partial charge < -0.3 is 19.7 Å². The van der Waals surface area contributed by atoms with Crippen LogP contribution >= 0.6 is 0 Å². The number of hydrogen-bond acceptors (Lipinski definition) is 6. The normalized spacial score (nSPS) is 14.9. The zero-order valence-corrected chi connectivity index (χ0v) is 23.7. The fraction of sp³-hybridized carbons (Fsp3) is 0.500. The smallest absolute Gasteiger partial charge is 0.244 e. The molecule has 1 unspecified atom stereocenters. The highest BCUT2D eigenvalue weighted by atomic mass is 32.2. The first kappa shape index (κ1) is 29.3. The molecule has 0 aliphatic heterocycles. The van der Waals surface area contributed by atoms with Crippen LogP contribution in [0.25, 0.3) is 0 Å². The maximum absolute atomic E-state index is 13.8. The van der Waals surface area contributed by atoms with E-state index in [-0.39, 0.29) is 29.9 Å². The second-order valence-electron chi connectivity index (χ2n) is 9.83. The van der Waals surface area contributed by atoms with E-state index >= 15 is 0 Å². The number of carbonyl (C=O) groups is 2. The number of anilines is 1. The van der Waals surface area contributed by atoms with Crippen LogP contribution in [0.15, 0.2) is 42.5 Å². The van der Waals surface area contributed by atoms with Crippen LogP contribution in [-0.2, 0) is 26.2 Å². The zero-order chi connectivity index (χ0) is 27.9. The number of methoxy groups -OCH3 is 2. The highest BCUT2D eigenvalue weighted by molar-refractivity contribution is 7.92. The Hall–Kier alpha value is -3.27. The number of amides is 2. The summed E-state index contributed by atoms with van der Waals surface area (Å²) >= 11 is 0. The molecule has 38 heavy (non-hydrogen) atoms. The molecule has 2 amide bonds. The standard InChI is InChI=1S/C28H39N3O6S/c1-20-11-13-22(14-12-20)18-30(21(2)28(33)29-23-9-7-6-8-10-23)27(32)19-31(38(5,34)35)25-17-24(36-3)15-16-26(25)37-4/h11-17,21,23H,6-10,18-19H2,1-5H3,(H,29,33). The first-order valence-corrected chi connectivity index (χ1v) is 14.7. The van der Waals surface area contributed by atoms with E-state index in [2.05, 4.69) is 5.32 Å². The fourth-order valence-electron chi connectivity index (χ4n) is 4.63. The molecule has 1 saturated carbocycles. The number of sulfonamides is 1. The molecular weight excluding hydrogens is 506 g/mol. The molecule has 2 aromatic rings. The summed E-state index contributed by atoms with van der Waals surface area (Å²) in [5, 5.41) is 3.10. The molecular formula is C28H39N3O6S. The largest absolute Gasteiger partial charge is 0.497 e. The lowest BCUT2D eigenvalue weighted by Crippen LogP contribution is -2.53. The summed E-state index contributed by atoms with van der Waals surface area (Å²) < 4.78 is 37.5. The van der Waals surface area contributed by atoms with Crippen molar-refractivity contribution < 1.29 is 27.5 Å². The second-order valence-corrected chi connectivity index (χ2v) is 11.7. The highest BCUT2D eigenvalue weighted by Gasteiger charge is 2.32. The Morgan fingerprint density at radius 3 is 2.26 bits per heavy atom. The minimum atomic E-state index is -3.90. The number of nitrogens with one attached hydrogen (secondary N) is 1. The first-order valence-electron chi connectivity index (χ1n) is 12.9. The monoisotopic (exact) mass is 545 g/mol. The molecule has 0 saturated heterocycles. The maximum Gasteiger partial charge on any atom is 0.244 e. The molecule has 1 aliphatic carbocycles. The van der Waals surface area contributed by atoms with Gasteiger partial charge in [-0.3, -0.25) is 13.9 Å². The summed E-state index contributed by atoms with van der Waals surface area (Å²) in [5.74, 6) is -0.0646. The number of hydrogen-bond donors (Lipinski definition) is 1. The Labute approximate surface area is 226 Å². The van der Waals surface area contributed by atoms with Crippen molar-refractivity contribution in [1.29, 1.82) is 0 Å². The van der Waals surface area contributed by atoms with Gasteiger partial charge in [0.25, 0.3) is 0 Å². The Balaban J connectivity index is 1.93. The Morgan fingerprint density at radius 1 is 1.03 bits per heavy atom. The third-order valence-corrected chi connectivity index (χ3v) is 8.05. The van der Waals surface area contributed by atoms with Gasteiger partial charge in [-0.2, -0.15) is 0 Å². The number of benzene rings is 2. The summed E-state index contributed by atoms with van der Waals surface area (Å²) in [7, 11) is -1.01. The van der Waals surface area contributed by atoms with Gasteiger partial charge in [0, 0.05) is 18.7 Å². The van der Waals surface area contributed by atoms with Crippen molar-refractivity contribution in [1.82, 2.24) is 10.2 Å². The van der Waals surface area contributed by atoms with Crippen LogP contribution in [0.1, 0.15) is 50.2 Å². The molecule has 3 rings (SSSR count). The van der Waals surface area contributed by atoms with E-state index in [9.17, 15) is 18.0 Å². The van der Waals surface area contributed by atoms with Crippen LogP contribution in [0.3, 0.4) is 0 Å². The molecule has 0 spiro atoms. The van der Waals surface area contributed by atoms with Crippen LogP contribution < -0.4 is 19.1 Å². The average Bonchev–Trinajstić information content (AvgIpc) is 2.90. The van der Waals surface area contributed by atoms with Crippen molar-refractivity contribution in [2.24, 2.45) is 0 Å². The van der Waals surface area contributed by atoms with Crippen LogP contribution in [0, 0.1) is 6.92 Å². The quantitative estimate of drug-likeness (QED) is 0.462. The molecule has 0 aromatic heterocycles. The van der Waals surface area contributed by atoms with E-state index < -0.39 is 28.5 Å². The fourth-order valence-corrected chi connectivity index (χ4v) is 5.47. The van der Waals surface area contributed by atoms with Crippen LogP contribution in [-0.4, -0.2) is 64.2 Å². The second kappa shape index (κ2) is 13.0. The summed E-state index contributed by atoms with van der Waals surface area (Å²) in [4.78, 5) is 28.5. The van der Waals surface area contributed by atoms with Crippen LogP contribution in [0.4, 0.5) is 5.69 Å². The Bertz CT molecular complexity index is 1210. The summed E-state index contributed by atoms with van der Waals surface area (Å²) in [6, 6.07) is 11.7. The number of aryl methyl sites for hydroxylation is 1. The molecule has 2 aromatic carbocycles. The maximum atomic E-state index is 13.8. The van der Waals surface area contributed by atoms with Crippen molar-refractivity contribution in [3.8, 4) is 11.5 Å². The van der Waals surface area contributed by atoms with E-state index in [1.54, 1.807) is 19.1 Å². The predicted octanol–water partition coefficient (Wildman–Crippen LogP) is 3.64. The third-order valence-electron chi connectivity index (χ3n) is 6.93. The van der Waals surface area contributed by atoms with Crippen molar-refractivity contribution in [2.45, 2.75) is 64.6 Å². The topological polar surface area (TPSA) is 105 Å². The van der Waals surface area contributed by atoms with Gasteiger partial charge in [0.05, 0.1) is 26.2 Å².